The number of benzene rings is 2. The maximum absolute atomic E-state index is 12.7. The van der Waals surface area contributed by atoms with Crippen molar-refractivity contribution >= 4 is 39.6 Å². The lowest BCUT2D eigenvalue weighted by molar-refractivity contribution is 0.206. The Bertz CT molecular complexity index is 1280. The summed E-state index contributed by atoms with van der Waals surface area (Å²) in [7, 11) is 1.64. The Kier molecular flexibility index (Phi) is 5.03. The number of thiazole rings is 1. The lowest BCUT2D eigenvalue weighted by atomic mass is 10.2. The molecule has 5 rings (SSSR count). The molecule has 158 valence electrons. The lowest BCUT2D eigenvalue weighted by Gasteiger charge is -2.26. The van der Waals surface area contributed by atoms with E-state index in [1.54, 1.807) is 29.4 Å². The molecule has 0 spiro atoms. The molecule has 0 saturated heterocycles. The van der Waals surface area contributed by atoms with Gasteiger partial charge in [0.05, 0.1) is 19.3 Å². The van der Waals surface area contributed by atoms with E-state index in [4.69, 9.17) is 26.4 Å². The van der Waals surface area contributed by atoms with Gasteiger partial charge >= 0.3 is 6.03 Å². The number of fused-ring (bicyclic) bond motifs is 3. The van der Waals surface area contributed by atoms with E-state index in [1.165, 1.54) is 0 Å². The van der Waals surface area contributed by atoms with Crippen LogP contribution in [0.5, 0.6) is 5.75 Å². The molecule has 0 fully saturated rings. The Balaban J connectivity index is 1.34. The molecular formula is C22H20ClN5O2S. The largest absolute Gasteiger partial charge is 0.497 e. The van der Waals surface area contributed by atoms with Gasteiger partial charge in [0.2, 0.25) is 4.96 Å². The van der Waals surface area contributed by atoms with Crippen molar-refractivity contribution in [2.45, 2.75) is 19.9 Å². The van der Waals surface area contributed by atoms with Crippen LogP contribution in [0.15, 0.2) is 42.5 Å². The van der Waals surface area contributed by atoms with Crippen LogP contribution in [-0.2, 0) is 13.0 Å². The third kappa shape index (κ3) is 3.73. The first-order valence-corrected chi connectivity index (χ1v) is 11.0. The zero-order valence-corrected chi connectivity index (χ0v) is 18.6. The number of rotatable bonds is 3. The summed E-state index contributed by atoms with van der Waals surface area (Å²) >= 11 is 7.75. The van der Waals surface area contributed by atoms with Crippen LogP contribution in [0.2, 0.25) is 5.02 Å². The summed E-state index contributed by atoms with van der Waals surface area (Å²) in [6.45, 7) is 3.08. The molecule has 1 aliphatic rings. The van der Waals surface area contributed by atoms with E-state index in [1.807, 2.05) is 47.8 Å². The normalized spacial score (nSPS) is 13.3. The topological polar surface area (TPSA) is 71.8 Å². The van der Waals surface area contributed by atoms with Crippen molar-refractivity contribution in [2.75, 3.05) is 19.0 Å². The highest BCUT2D eigenvalue weighted by Gasteiger charge is 2.26. The maximum Gasteiger partial charge on any atom is 0.322 e. The van der Waals surface area contributed by atoms with Crippen molar-refractivity contribution < 1.29 is 9.53 Å². The number of nitrogens with zero attached hydrogens (tertiary/aromatic N) is 4. The maximum atomic E-state index is 12.7. The highest BCUT2D eigenvalue weighted by atomic mass is 35.5. The fourth-order valence-corrected chi connectivity index (χ4v) is 4.90. The van der Waals surface area contributed by atoms with Gasteiger partial charge in [-0.1, -0.05) is 29.0 Å². The van der Waals surface area contributed by atoms with E-state index in [0.29, 0.717) is 29.6 Å². The van der Waals surface area contributed by atoms with Gasteiger partial charge in [-0.05, 0) is 48.9 Å². The summed E-state index contributed by atoms with van der Waals surface area (Å²) < 4.78 is 7.12. The lowest BCUT2D eigenvalue weighted by Crippen LogP contribution is -2.38. The monoisotopic (exact) mass is 453 g/mol. The van der Waals surface area contributed by atoms with Crippen LogP contribution in [0.25, 0.3) is 16.3 Å². The molecule has 0 radical (unpaired) electrons. The fraction of sp³-hybridized carbons (Fsp3) is 0.227. The van der Waals surface area contributed by atoms with Crippen LogP contribution in [0, 0.1) is 6.92 Å². The summed E-state index contributed by atoms with van der Waals surface area (Å²) in [5.74, 6) is 1.49. The second-order valence-corrected chi connectivity index (χ2v) is 8.87. The zero-order valence-electron chi connectivity index (χ0n) is 17.1. The van der Waals surface area contributed by atoms with Gasteiger partial charge < -0.3 is 15.0 Å². The van der Waals surface area contributed by atoms with Gasteiger partial charge in [0.25, 0.3) is 0 Å². The smallest absolute Gasteiger partial charge is 0.322 e. The van der Waals surface area contributed by atoms with Crippen molar-refractivity contribution in [3.63, 3.8) is 0 Å². The molecule has 0 aliphatic carbocycles. The quantitative estimate of drug-likeness (QED) is 0.473. The van der Waals surface area contributed by atoms with Crippen LogP contribution in [-0.4, -0.2) is 39.2 Å². The molecule has 1 N–H and O–H groups in total. The predicted molar refractivity (Wildman–Crippen MR) is 122 cm³/mol. The zero-order chi connectivity index (χ0) is 21.5. The second kappa shape index (κ2) is 7.86. The molecule has 31 heavy (non-hydrogen) atoms. The van der Waals surface area contributed by atoms with Crippen LogP contribution in [0.1, 0.15) is 16.1 Å². The van der Waals surface area contributed by atoms with Crippen molar-refractivity contribution in [2.24, 2.45) is 0 Å². The average Bonchev–Trinajstić information content (AvgIpc) is 3.34. The van der Waals surface area contributed by atoms with Crippen LogP contribution < -0.4 is 10.1 Å². The Hall–Kier alpha value is -3.10. The Morgan fingerprint density at radius 3 is 2.77 bits per heavy atom. The highest BCUT2D eigenvalue weighted by Crippen LogP contribution is 2.30. The standard InChI is InChI=1S/C22H20ClN5O2S/c1-13-3-6-15(11-17(13)23)24-21(29)27-10-9-18-19(12-27)31-22-25-20(26-28(18)22)14-4-7-16(30-2)8-5-14/h3-8,11H,9-10,12H2,1-2H3,(H,24,29). The van der Waals surface area contributed by atoms with Gasteiger partial charge in [-0.3, -0.25) is 0 Å². The molecule has 0 saturated carbocycles. The van der Waals surface area contributed by atoms with Gasteiger partial charge in [-0.25, -0.2) is 9.31 Å². The molecule has 3 heterocycles. The Morgan fingerprint density at radius 1 is 1.23 bits per heavy atom. The number of aromatic nitrogens is 3. The molecule has 2 aromatic carbocycles. The van der Waals surface area contributed by atoms with Crippen molar-refractivity contribution in [1.29, 1.82) is 0 Å². The fourth-order valence-electron chi connectivity index (χ4n) is 3.60. The number of carbonyl (C=O) groups is 1. The molecule has 9 heteroatoms. The minimum atomic E-state index is -0.136. The number of halogens is 1. The SMILES string of the molecule is COc1ccc(-c2nc3sc4c(n3n2)CCN(C(=O)Nc2ccc(C)c(Cl)c2)C4)cc1. The number of anilines is 1. The van der Waals surface area contributed by atoms with Gasteiger partial charge in [-0.2, -0.15) is 4.98 Å². The number of carbonyl (C=O) groups excluding carboxylic acids is 1. The number of methoxy groups -OCH3 is 1. The second-order valence-electron chi connectivity index (χ2n) is 7.40. The molecule has 7 nitrogen and oxygen atoms in total. The van der Waals surface area contributed by atoms with E-state index in [-0.39, 0.29) is 6.03 Å². The first-order chi connectivity index (χ1) is 15.0. The number of nitrogens with one attached hydrogen (secondary N) is 1. The first kappa shape index (κ1) is 19.8. The van der Waals surface area contributed by atoms with Crippen LogP contribution >= 0.6 is 22.9 Å². The molecule has 0 bridgehead atoms. The third-order valence-electron chi connectivity index (χ3n) is 5.38. The van der Waals surface area contributed by atoms with Gasteiger partial charge in [0.1, 0.15) is 5.75 Å². The van der Waals surface area contributed by atoms with Crippen molar-refractivity contribution in [3.8, 4) is 17.1 Å². The van der Waals surface area contributed by atoms with Gasteiger partial charge in [0.15, 0.2) is 5.82 Å². The number of aryl methyl sites for hydroxylation is 1. The summed E-state index contributed by atoms with van der Waals surface area (Å²) in [5, 5.41) is 8.28. The molecule has 1 aliphatic heterocycles. The van der Waals surface area contributed by atoms with Crippen molar-refractivity contribution in [3.05, 3.63) is 63.6 Å². The third-order valence-corrected chi connectivity index (χ3v) is 6.85. The number of urea groups is 1. The Morgan fingerprint density at radius 2 is 2.03 bits per heavy atom. The summed E-state index contributed by atoms with van der Waals surface area (Å²) in [6, 6.07) is 13.1. The molecular weight excluding hydrogens is 434 g/mol. The summed E-state index contributed by atoms with van der Waals surface area (Å²) in [6.07, 6.45) is 0.725. The van der Waals surface area contributed by atoms with E-state index in [0.717, 1.165) is 38.8 Å². The van der Waals surface area contributed by atoms with E-state index in [9.17, 15) is 4.79 Å². The van der Waals surface area contributed by atoms with E-state index < -0.39 is 0 Å². The summed E-state index contributed by atoms with van der Waals surface area (Å²) in [4.78, 5) is 21.2. The average molecular weight is 454 g/mol. The molecule has 2 amide bonds. The highest BCUT2D eigenvalue weighted by molar-refractivity contribution is 7.17. The summed E-state index contributed by atoms with van der Waals surface area (Å²) in [5.41, 5.74) is 3.73. The van der Waals surface area contributed by atoms with Crippen LogP contribution in [0.3, 0.4) is 0 Å². The number of amides is 2. The van der Waals surface area contributed by atoms with Crippen LogP contribution in [0.4, 0.5) is 10.5 Å². The minimum Gasteiger partial charge on any atom is -0.497 e. The number of ether oxygens (including phenoxy) is 1. The van der Waals surface area contributed by atoms with Crippen molar-refractivity contribution in [1.82, 2.24) is 19.5 Å². The first-order valence-electron chi connectivity index (χ1n) is 9.85. The number of hydrogen-bond acceptors (Lipinski definition) is 5. The van der Waals surface area contributed by atoms with Gasteiger partial charge in [0, 0.05) is 34.1 Å². The minimum absolute atomic E-state index is 0.136. The van der Waals surface area contributed by atoms with E-state index in [2.05, 4.69) is 5.32 Å². The molecule has 2 aromatic heterocycles. The Labute approximate surface area is 188 Å². The molecule has 0 atom stereocenters. The van der Waals surface area contributed by atoms with Gasteiger partial charge in [-0.15, -0.1) is 5.10 Å². The molecule has 0 unspecified atom stereocenters. The number of hydrogen-bond donors (Lipinski definition) is 1. The molecule has 4 aromatic rings. The van der Waals surface area contributed by atoms with E-state index >= 15 is 0 Å². The predicted octanol–water partition coefficient (Wildman–Crippen LogP) is 5.02.